The van der Waals surface area contributed by atoms with Gasteiger partial charge < -0.3 is 9.30 Å². The predicted molar refractivity (Wildman–Crippen MR) is 157 cm³/mol. The molecule has 0 aliphatic carbocycles. The standard InChI is InChI=1S/C31H50N2O2P/c1-3-4-5-6-7-8-9-13-19-29(33-25-24-32-28-33)20-14-10-11-17-23-31(34)35-26-18-27-36(2)30-21-15-12-16-22-30/h12,15-16,21-22,24-25,28-29H,2-11,13-14,17-20,23,26-27H2,1H3/q+1. The van der Waals surface area contributed by atoms with Gasteiger partial charge in [0.1, 0.15) is 19.0 Å². The second kappa shape index (κ2) is 20.2. The van der Waals surface area contributed by atoms with Crippen LogP contribution in [-0.4, -0.2) is 34.6 Å². The molecule has 2 aromatic rings. The molecular formula is C31H50N2O2P+. The van der Waals surface area contributed by atoms with E-state index >= 15 is 0 Å². The number of unbranched alkanes of at least 4 members (excludes halogenated alkanes) is 10. The molecule has 0 bridgehead atoms. The molecule has 1 aromatic heterocycles. The van der Waals surface area contributed by atoms with Gasteiger partial charge in [0.25, 0.3) is 0 Å². The van der Waals surface area contributed by atoms with Crippen molar-refractivity contribution >= 4 is 25.1 Å². The normalized spacial score (nSPS) is 12.4. The summed E-state index contributed by atoms with van der Waals surface area (Å²) in [6.07, 6.45) is 30.5. The van der Waals surface area contributed by atoms with Gasteiger partial charge in [-0.05, 0) is 31.4 Å². The topological polar surface area (TPSA) is 44.1 Å². The molecule has 0 radical (unpaired) electrons. The minimum atomic E-state index is -0.400. The van der Waals surface area contributed by atoms with Crippen molar-refractivity contribution < 1.29 is 9.53 Å². The lowest BCUT2D eigenvalue weighted by atomic mass is 10.00. The Morgan fingerprint density at radius 2 is 1.56 bits per heavy atom. The number of esters is 1. The summed E-state index contributed by atoms with van der Waals surface area (Å²) in [6.45, 7) is 2.80. The summed E-state index contributed by atoms with van der Waals surface area (Å²) >= 11 is 0. The van der Waals surface area contributed by atoms with Crippen LogP contribution in [-0.2, 0) is 9.53 Å². The third-order valence-corrected chi connectivity index (χ3v) is 8.85. The van der Waals surface area contributed by atoms with Crippen LogP contribution in [0.4, 0.5) is 0 Å². The van der Waals surface area contributed by atoms with Crippen LogP contribution >= 0.6 is 7.55 Å². The minimum Gasteiger partial charge on any atom is -0.466 e. The summed E-state index contributed by atoms with van der Waals surface area (Å²) in [6, 6.07) is 11.0. The molecule has 0 aliphatic heterocycles. The van der Waals surface area contributed by atoms with Crippen molar-refractivity contribution in [2.45, 2.75) is 116 Å². The Bertz CT molecular complexity index is 807. The monoisotopic (exact) mass is 513 g/mol. The van der Waals surface area contributed by atoms with E-state index in [1.54, 1.807) is 0 Å². The summed E-state index contributed by atoms with van der Waals surface area (Å²) in [4.78, 5) is 16.3. The maximum atomic E-state index is 12.1. The maximum absolute atomic E-state index is 12.1. The molecule has 2 rings (SSSR count). The van der Waals surface area contributed by atoms with Gasteiger partial charge in [-0.1, -0.05) is 95.8 Å². The van der Waals surface area contributed by atoms with E-state index in [0.717, 1.165) is 25.4 Å². The van der Waals surface area contributed by atoms with E-state index in [4.69, 9.17) is 4.74 Å². The van der Waals surface area contributed by atoms with Gasteiger partial charge in [-0.15, -0.1) is 0 Å². The van der Waals surface area contributed by atoms with Crippen LogP contribution in [0, 0.1) is 0 Å². The molecule has 0 saturated carbocycles. The number of hydrogen-bond donors (Lipinski definition) is 0. The number of carbonyl (C=O) groups excluding carboxylic acids is 1. The predicted octanol–water partition coefficient (Wildman–Crippen LogP) is 8.47. The van der Waals surface area contributed by atoms with Crippen LogP contribution in [0.3, 0.4) is 0 Å². The van der Waals surface area contributed by atoms with Gasteiger partial charge in [-0.3, -0.25) is 4.79 Å². The molecule has 0 saturated heterocycles. The van der Waals surface area contributed by atoms with Crippen LogP contribution in [0.1, 0.15) is 116 Å². The van der Waals surface area contributed by atoms with Crippen LogP contribution in [0.2, 0.25) is 0 Å². The fourth-order valence-corrected chi connectivity index (χ4v) is 6.09. The van der Waals surface area contributed by atoms with Crippen molar-refractivity contribution in [3.63, 3.8) is 0 Å². The average Bonchev–Trinajstić information content (AvgIpc) is 3.44. The zero-order valence-electron chi connectivity index (χ0n) is 22.8. The number of carbonyl (C=O) groups is 1. The molecule has 5 heteroatoms. The highest BCUT2D eigenvalue weighted by molar-refractivity contribution is 7.63. The Labute approximate surface area is 221 Å². The van der Waals surface area contributed by atoms with Crippen LogP contribution < -0.4 is 5.30 Å². The van der Waals surface area contributed by atoms with Gasteiger partial charge in [0.05, 0.1) is 19.2 Å². The Hall–Kier alpha value is -1.93. The first-order valence-corrected chi connectivity index (χ1v) is 16.2. The molecule has 0 fully saturated rings. The molecule has 2 unspecified atom stereocenters. The van der Waals surface area contributed by atoms with Gasteiger partial charge >= 0.3 is 5.97 Å². The minimum absolute atomic E-state index is 0.0471. The third-order valence-electron chi connectivity index (χ3n) is 6.96. The van der Waals surface area contributed by atoms with Crippen molar-refractivity contribution in [3.8, 4) is 0 Å². The number of benzene rings is 1. The first-order chi connectivity index (χ1) is 17.7. The lowest BCUT2D eigenvalue weighted by Gasteiger charge is -2.18. The maximum Gasteiger partial charge on any atom is 0.305 e. The third kappa shape index (κ3) is 14.0. The Morgan fingerprint density at radius 1 is 0.917 bits per heavy atom. The first kappa shape index (κ1) is 30.3. The van der Waals surface area contributed by atoms with Gasteiger partial charge in [0.2, 0.25) is 0 Å². The van der Waals surface area contributed by atoms with Gasteiger partial charge in [-0.25, -0.2) is 4.98 Å². The quantitative estimate of drug-likeness (QED) is 0.0901. The molecule has 1 heterocycles. The smallest absolute Gasteiger partial charge is 0.305 e. The SMILES string of the molecule is C=[P+](CCCOC(=O)CCCCCCC(CCCCCCCCCC)n1ccnc1)c1ccccc1. The Kier molecular flexibility index (Phi) is 17.0. The fourth-order valence-electron chi connectivity index (χ4n) is 4.73. The molecule has 2 atom stereocenters. The second-order valence-electron chi connectivity index (χ2n) is 10.1. The zero-order valence-corrected chi connectivity index (χ0v) is 23.7. The molecule has 4 nitrogen and oxygen atoms in total. The molecule has 36 heavy (non-hydrogen) atoms. The molecule has 0 spiro atoms. The van der Waals surface area contributed by atoms with E-state index in [2.05, 4.69) is 53.2 Å². The van der Waals surface area contributed by atoms with Crippen LogP contribution in [0.15, 0.2) is 49.1 Å². The van der Waals surface area contributed by atoms with Gasteiger partial charge in [-0.2, -0.15) is 0 Å². The number of rotatable bonds is 22. The highest BCUT2D eigenvalue weighted by Crippen LogP contribution is 2.24. The second-order valence-corrected chi connectivity index (χ2v) is 12.1. The van der Waals surface area contributed by atoms with E-state index < -0.39 is 7.55 Å². The first-order valence-electron chi connectivity index (χ1n) is 14.5. The van der Waals surface area contributed by atoms with E-state index in [1.165, 1.54) is 82.4 Å². The lowest BCUT2D eigenvalue weighted by molar-refractivity contribution is -0.143. The summed E-state index contributed by atoms with van der Waals surface area (Å²) < 4.78 is 7.75. The summed E-state index contributed by atoms with van der Waals surface area (Å²) in [7, 11) is -0.400. The van der Waals surface area contributed by atoms with Crippen LogP contribution in [0.5, 0.6) is 0 Å². The number of imidazole rings is 1. The van der Waals surface area contributed by atoms with Crippen molar-refractivity contribution in [2.75, 3.05) is 12.8 Å². The fraction of sp³-hybridized carbons (Fsp3) is 0.645. The van der Waals surface area contributed by atoms with E-state index in [9.17, 15) is 4.79 Å². The molecule has 0 N–H and O–H groups in total. The highest BCUT2D eigenvalue weighted by atomic mass is 31.1. The Balaban J connectivity index is 1.49. The molecular weight excluding hydrogens is 463 g/mol. The molecule has 0 amide bonds. The lowest BCUT2D eigenvalue weighted by Crippen LogP contribution is -2.08. The number of aromatic nitrogens is 2. The number of hydrogen-bond acceptors (Lipinski definition) is 3. The van der Waals surface area contributed by atoms with E-state index in [-0.39, 0.29) is 5.97 Å². The van der Waals surface area contributed by atoms with Crippen molar-refractivity contribution in [1.29, 1.82) is 0 Å². The molecule has 1 aromatic carbocycles. The summed E-state index contributed by atoms with van der Waals surface area (Å²) in [5, 5.41) is 1.31. The van der Waals surface area contributed by atoms with Crippen molar-refractivity contribution in [2.24, 2.45) is 0 Å². The zero-order chi connectivity index (χ0) is 25.7. The van der Waals surface area contributed by atoms with Gasteiger partial charge in [0, 0.05) is 31.3 Å². The highest BCUT2D eigenvalue weighted by Gasteiger charge is 2.12. The molecule has 0 aliphatic rings. The number of nitrogens with zero attached hydrogens (tertiary/aromatic N) is 2. The Morgan fingerprint density at radius 3 is 2.19 bits per heavy atom. The van der Waals surface area contributed by atoms with Gasteiger partial charge in [0.15, 0.2) is 0 Å². The molecule has 200 valence electrons. The van der Waals surface area contributed by atoms with Crippen molar-refractivity contribution in [3.05, 3.63) is 49.1 Å². The van der Waals surface area contributed by atoms with Crippen molar-refractivity contribution in [1.82, 2.24) is 9.55 Å². The largest absolute Gasteiger partial charge is 0.466 e. The number of ether oxygens (including phenoxy) is 1. The van der Waals surface area contributed by atoms with E-state index in [0.29, 0.717) is 19.1 Å². The van der Waals surface area contributed by atoms with Crippen LogP contribution in [0.25, 0.3) is 0 Å². The summed E-state index contributed by atoms with van der Waals surface area (Å²) in [5.41, 5.74) is 0. The average molecular weight is 514 g/mol. The van der Waals surface area contributed by atoms with E-state index in [1.807, 2.05) is 18.6 Å². The summed E-state index contributed by atoms with van der Waals surface area (Å²) in [5.74, 6) is -0.0471.